The number of hydrogen-bond donors (Lipinski definition) is 0. The Labute approximate surface area is 181 Å². The molecule has 0 bridgehead atoms. The molecule has 0 saturated carbocycles. The fraction of sp³-hybridized carbons (Fsp3) is 0.462. The topological polar surface area (TPSA) is 22.4 Å². The second kappa shape index (κ2) is 12.8. The van der Waals surface area contributed by atoms with E-state index in [0.717, 1.165) is 50.4 Å². The maximum atomic E-state index is 5.93. The predicted molar refractivity (Wildman–Crippen MR) is 127 cm³/mol. The maximum Gasteiger partial charge on any atom is 0.117 e. The summed E-state index contributed by atoms with van der Waals surface area (Å²) < 4.78 is 11.9. The van der Waals surface area contributed by atoms with E-state index in [9.17, 15) is 0 Å². The molecule has 0 saturated heterocycles. The van der Waals surface area contributed by atoms with E-state index in [4.69, 9.17) is 9.15 Å². The molecule has 2 nitrogen and oxygen atoms in total. The lowest BCUT2D eigenvalue weighted by atomic mass is 10.0. The lowest BCUT2D eigenvalue weighted by Gasteiger charge is -2.15. The van der Waals surface area contributed by atoms with Crippen LogP contribution in [0, 0.1) is 0 Å². The van der Waals surface area contributed by atoms with Crippen molar-refractivity contribution in [3.63, 3.8) is 0 Å². The third kappa shape index (κ3) is 8.28. The molecule has 2 atom stereocenters. The fourth-order valence-corrected chi connectivity index (χ4v) is 4.41. The van der Waals surface area contributed by atoms with Crippen molar-refractivity contribution in [2.75, 3.05) is 13.2 Å². The molecule has 1 aromatic carbocycles. The van der Waals surface area contributed by atoms with E-state index in [-0.39, 0.29) is 0 Å². The van der Waals surface area contributed by atoms with Gasteiger partial charge in [-0.1, -0.05) is 69.3 Å². The summed E-state index contributed by atoms with van der Waals surface area (Å²) in [6, 6.07) is 14.7. The molecule has 2 rings (SSSR count). The molecule has 0 aliphatic heterocycles. The van der Waals surface area contributed by atoms with Crippen LogP contribution in [0.4, 0.5) is 0 Å². The van der Waals surface area contributed by atoms with Crippen LogP contribution in [0.25, 0.3) is 0 Å². The van der Waals surface area contributed by atoms with Gasteiger partial charge in [0.25, 0.3) is 0 Å². The second-order valence-electron chi connectivity index (χ2n) is 7.56. The van der Waals surface area contributed by atoms with Crippen LogP contribution in [0.3, 0.4) is 0 Å². The highest BCUT2D eigenvalue weighted by Crippen LogP contribution is 2.38. The smallest absolute Gasteiger partial charge is 0.117 e. The summed E-state index contributed by atoms with van der Waals surface area (Å²) in [6.07, 6.45) is 6.11. The van der Waals surface area contributed by atoms with Gasteiger partial charge in [-0.15, -0.1) is 11.8 Å². The maximum absolute atomic E-state index is 5.93. The van der Waals surface area contributed by atoms with Crippen LogP contribution in [-0.2, 0) is 11.2 Å². The quantitative estimate of drug-likeness (QED) is 0.245. The summed E-state index contributed by atoms with van der Waals surface area (Å²) in [6.45, 7) is 14.5. The molecule has 1 heterocycles. The van der Waals surface area contributed by atoms with Crippen molar-refractivity contribution in [1.29, 1.82) is 0 Å². The number of thioether (sulfide) groups is 1. The van der Waals surface area contributed by atoms with Crippen LogP contribution >= 0.6 is 11.8 Å². The first-order valence-electron chi connectivity index (χ1n) is 10.8. The number of hydrogen-bond acceptors (Lipinski definition) is 3. The average molecular weight is 413 g/mol. The minimum atomic E-state index is 0.309. The van der Waals surface area contributed by atoms with Gasteiger partial charge in [-0.25, -0.2) is 0 Å². The van der Waals surface area contributed by atoms with E-state index in [1.807, 2.05) is 11.8 Å². The highest BCUT2D eigenvalue weighted by Gasteiger charge is 2.14. The van der Waals surface area contributed by atoms with Gasteiger partial charge < -0.3 is 9.15 Å². The first kappa shape index (κ1) is 23.6. The zero-order valence-electron chi connectivity index (χ0n) is 18.4. The highest BCUT2D eigenvalue weighted by molar-refractivity contribution is 8.03. The minimum absolute atomic E-state index is 0.309. The first-order valence-corrected chi connectivity index (χ1v) is 11.6. The van der Waals surface area contributed by atoms with Crippen molar-refractivity contribution in [3.8, 4) is 0 Å². The van der Waals surface area contributed by atoms with Crippen LogP contribution in [-0.4, -0.2) is 13.2 Å². The van der Waals surface area contributed by atoms with Crippen LogP contribution in [0.2, 0.25) is 0 Å². The zero-order chi connectivity index (χ0) is 21.1. The number of ether oxygens (including phenoxy) is 1. The Bertz CT molecular complexity index is 760. The Balaban J connectivity index is 1.75. The second-order valence-corrected chi connectivity index (χ2v) is 9.03. The summed E-state index contributed by atoms with van der Waals surface area (Å²) in [5.74, 6) is 2.52. The molecule has 0 radical (unpaired) electrons. The number of furan rings is 1. The summed E-state index contributed by atoms with van der Waals surface area (Å²) in [7, 11) is 0. The van der Waals surface area contributed by atoms with Crippen molar-refractivity contribution >= 4 is 11.8 Å². The normalized spacial score (nSPS) is 14.0. The van der Waals surface area contributed by atoms with Gasteiger partial charge in [0.2, 0.25) is 0 Å². The van der Waals surface area contributed by atoms with E-state index < -0.39 is 0 Å². The lowest BCUT2D eigenvalue weighted by Crippen LogP contribution is -2.06. The molecule has 0 aliphatic rings. The molecule has 158 valence electrons. The monoisotopic (exact) mass is 412 g/mol. The first-order chi connectivity index (χ1) is 14.0. The third-order valence-electron chi connectivity index (χ3n) is 4.95. The van der Waals surface area contributed by atoms with Gasteiger partial charge >= 0.3 is 0 Å². The molecule has 2 aromatic rings. The summed E-state index contributed by atoms with van der Waals surface area (Å²) in [5, 5.41) is 0.309. The van der Waals surface area contributed by atoms with E-state index in [1.165, 1.54) is 16.0 Å². The lowest BCUT2D eigenvalue weighted by molar-refractivity contribution is 0.126. The van der Waals surface area contributed by atoms with Crippen molar-refractivity contribution < 1.29 is 9.15 Å². The molecule has 3 heteroatoms. The molecular formula is C26H36O2S. The Morgan fingerprint density at radius 1 is 1.14 bits per heavy atom. The minimum Gasteiger partial charge on any atom is -0.465 e. The molecule has 0 aliphatic carbocycles. The highest BCUT2D eigenvalue weighted by atomic mass is 32.2. The van der Waals surface area contributed by atoms with E-state index in [2.05, 4.69) is 82.8 Å². The van der Waals surface area contributed by atoms with Gasteiger partial charge in [0, 0.05) is 12.3 Å². The van der Waals surface area contributed by atoms with Gasteiger partial charge in [-0.2, -0.15) is 0 Å². The Morgan fingerprint density at radius 2 is 1.90 bits per heavy atom. The van der Waals surface area contributed by atoms with Gasteiger partial charge in [0.15, 0.2) is 0 Å². The number of aryl methyl sites for hydroxylation is 1. The Kier molecular flexibility index (Phi) is 10.4. The Hall–Kier alpha value is -1.71. The summed E-state index contributed by atoms with van der Waals surface area (Å²) in [5.41, 5.74) is 2.56. The van der Waals surface area contributed by atoms with Crippen molar-refractivity contribution in [2.45, 2.75) is 64.5 Å². The molecule has 1 aromatic heterocycles. The molecule has 0 fully saturated rings. The number of rotatable bonds is 13. The van der Waals surface area contributed by atoms with Crippen LogP contribution in [0.5, 0.6) is 0 Å². The Morgan fingerprint density at radius 3 is 2.55 bits per heavy atom. The van der Waals surface area contributed by atoms with Gasteiger partial charge in [0.05, 0.1) is 18.5 Å². The molecule has 1 unspecified atom stereocenters. The van der Waals surface area contributed by atoms with E-state index in [1.54, 1.807) is 0 Å². The van der Waals surface area contributed by atoms with E-state index in [0.29, 0.717) is 11.2 Å². The third-order valence-corrected chi connectivity index (χ3v) is 6.15. The number of allylic oxidation sites excluding steroid dienone is 2. The fourth-order valence-electron chi connectivity index (χ4n) is 3.17. The summed E-state index contributed by atoms with van der Waals surface area (Å²) >= 11 is 1.88. The van der Waals surface area contributed by atoms with Crippen LogP contribution < -0.4 is 0 Å². The van der Waals surface area contributed by atoms with Crippen molar-refractivity contribution in [1.82, 2.24) is 0 Å². The van der Waals surface area contributed by atoms with Crippen LogP contribution in [0.15, 0.2) is 70.0 Å². The average Bonchev–Trinajstić information content (AvgIpc) is 3.21. The SMILES string of the molecule is C=C(CCOC[C@H](C)c1ccccc1)C/C(=C\CC)SC(C)c1ccc(CC)o1. The standard InChI is InChI=1S/C26H36O2S/c1-6-11-25(29-22(5)26-15-14-24(7-2)28-26)18-20(3)16-17-27-19-21(4)23-12-9-8-10-13-23/h8-15,21-22H,3,6-7,16-19H2,1-2,4-5H3/b25-11+/t21-,22?/m0/s1. The molecule has 0 amide bonds. The van der Waals surface area contributed by atoms with Crippen LogP contribution in [0.1, 0.15) is 75.2 Å². The molecule has 29 heavy (non-hydrogen) atoms. The van der Waals surface area contributed by atoms with Gasteiger partial charge in [-0.3, -0.25) is 0 Å². The van der Waals surface area contributed by atoms with Gasteiger partial charge in [-0.05, 0) is 48.8 Å². The predicted octanol–water partition coefficient (Wildman–Crippen LogP) is 8.09. The zero-order valence-corrected chi connectivity index (χ0v) is 19.3. The molecule has 0 N–H and O–H groups in total. The molecular weight excluding hydrogens is 376 g/mol. The van der Waals surface area contributed by atoms with Crippen molar-refractivity contribution in [2.24, 2.45) is 0 Å². The van der Waals surface area contributed by atoms with E-state index >= 15 is 0 Å². The summed E-state index contributed by atoms with van der Waals surface area (Å²) in [4.78, 5) is 1.37. The number of benzene rings is 1. The largest absolute Gasteiger partial charge is 0.465 e. The molecule has 0 spiro atoms. The van der Waals surface area contributed by atoms with Gasteiger partial charge in [0.1, 0.15) is 11.5 Å². The van der Waals surface area contributed by atoms with Crippen molar-refractivity contribution in [3.05, 3.63) is 82.7 Å².